The molecule has 0 spiro atoms. The molecule has 5 nitrogen and oxygen atoms in total. The largest absolute Gasteiger partial charge is 0.353 e. The van der Waals surface area contributed by atoms with E-state index in [2.05, 4.69) is 17.7 Å². The van der Waals surface area contributed by atoms with Crippen molar-refractivity contribution in [2.75, 3.05) is 13.6 Å². The number of quaternary nitrogens is 1. The lowest BCUT2D eigenvalue weighted by molar-refractivity contribution is -0.627. The SMILES string of the molecule is C[NH2+]CCCCCC(=O)NC1CC(C)(C)N(O)C(C)(C)C1. The van der Waals surface area contributed by atoms with E-state index in [1.807, 2.05) is 27.7 Å². The monoisotopic (exact) mass is 300 g/mol. The molecule has 0 unspecified atom stereocenters. The molecule has 0 saturated carbocycles. The average molecular weight is 300 g/mol. The van der Waals surface area contributed by atoms with E-state index in [9.17, 15) is 10.0 Å². The quantitative estimate of drug-likeness (QED) is 0.620. The minimum absolute atomic E-state index is 0.148. The third-order valence-electron chi connectivity index (χ3n) is 4.40. The van der Waals surface area contributed by atoms with Crippen molar-refractivity contribution in [2.45, 2.75) is 83.3 Å². The first-order chi connectivity index (χ1) is 9.69. The Labute approximate surface area is 129 Å². The molecule has 0 radical (unpaired) electrons. The van der Waals surface area contributed by atoms with E-state index >= 15 is 0 Å². The first kappa shape index (κ1) is 18.4. The zero-order valence-electron chi connectivity index (χ0n) is 14.4. The van der Waals surface area contributed by atoms with Crippen LogP contribution in [0.25, 0.3) is 0 Å². The highest BCUT2D eigenvalue weighted by Gasteiger charge is 2.45. The third-order valence-corrected chi connectivity index (χ3v) is 4.40. The van der Waals surface area contributed by atoms with Crippen LogP contribution in [0.2, 0.25) is 0 Å². The van der Waals surface area contributed by atoms with Crippen molar-refractivity contribution in [2.24, 2.45) is 0 Å². The van der Waals surface area contributed by atoms with Crippen molar-refractivity contribution in [3.63, 3.8) is 0 Å². The van der Waals surface area contributed by atoms with Gasteiger partial charge in [0.1, 0.15) is 0 Å². The Bertz CT molecular complexity index is 324. The highest BCUT2D eigenvalue weighted by atomic mass is 16.5. The van der Waals surface area contributed by atoms with E-state index < -0.39 is 0 Å². The number of piperidine rings is 1. The van der Waals surface area contributed by atoms with Gasteiger partial charge in [0.25, 0.3) is 0 Å². The number of carbonyl (C=O) groups is 1. The van der Waals surface area contributed by atoms with Gasteiger partial charge in [-0.1, -0.05) is 0 Å². The molecule has 0 aromatic carbocycles. The van der Waals surface area contributed by atoms with E-state index in [0.29, 0.717) is 6.42 Å². The van der Waals surface area contributed by atoms with Gasteiger partial charge in [0.15, 0.2) is 0 Å². The van der Waals surface area contributed by atoms with Crippen LogP contribution in [0.5, 0.6) is 0 Å². The molecule has 1 aliphatic rings. The second-order valence-electron chi connectivity index (χ2n) is 7.62. The molecule has 5 heteroatoms. The summed E-state index contributed by atoms with van der Waals surface area (Å²) < 4.78 is 0. The van der Waals surface area contributed by atoms with Crippen LogP contribution < -0.4 is 10.6 Å². The molecule has 0 aromatic rings. The first-order valence-corrected chi connectivity index (χ1v) is 8.25. The average Bonchev–Trinajstić information content (AvgIpc) is 2.35. The lowest BCUT2D eigenvalue weighted by Gasteiger charge is -2.51. The maximum absolute atomic E-state index is 12.1. The predicted molar refractivity (Wildman–Crippen MR) is 84.1 cm³/mol. The van der Waals surface area contributed by atoms with Crippen molar-refractivity contribution in [1.82, 2.24) is 10.4 Å². The van der Waals surface area contributed by atoms with Crippen molar-refractivity contribution in [3.05, 3.63) is 0 Å². The maximum Gasteiger partial charge on any atom is 0.220 e. The van der Waals surface area contributed by atoms with Crippen LogP contribution in [-0.2, 0) is 4.79 Å². The topological polar surface area (TPSA) is 69.2 Å². The normalized spacial score (nSPS) is 22.2. The summed E-state index contributed by atoms with van der Waals surface area (Å²) in [5.41, 5.74) is -0.618. The molecule has 1 saturated heterocycles. The zero-order chi connectivity index (χ0) is 16.1. The van der Waals surface area contributed by atoms with Crippen molar-refractivity contribution in [3.8, 4) is 0 Å². The number of hydrogen-bond donors (Lipinski definition) is 3. The van der Waals surface area contributed by atoms with Gasteiger partial charge in [-0.2, -0.15) is 5.06 Å². The molecule has 0 bridgehead atoms. The molecule has 0 atom stereocenters. The van der Waals surface area contributed by atoms with Crippen LogP contribution in [0, 0.1) is 0 Å². The number of hydroxylamine groups is 2. The lowest BCUT2D eigenvalue weighted by Crippen LogP contribution is -2.79. The fourth-order valence-corrected chi connectivity index (χ4v) is 3.48. The molecular weight excluding hydrogens is 266 g/mol. The van der Waals surface area contributed by atoms with E-state index in [-0.39, 0.29) is 23.0 Å². The molecule has 124 valence electrons. The predicted octanol–water partition coefficient (Wildman–Crippen LogP) is 1.27. The highest BCUT2D eigenvalue weighted by molar-refractivity contribution is 5.76. The fourth-order valence-electron chi connectivity index (χ4n) is 3.48. The number of unbranched alkanes of at least 4 members (excludes halogenated alkanes) is 2. The highest BCUT2D eigenvalue weighted by Crippen LogP contribution is 2.36. The Balaban J connectivity index is 2.39. The second-order valence-corrected chi connectivity index (χ2v) is 7.62. The molecule has 21 heavy (non-hydrogen) atoms. The van der Waals surface area contributed by atoms with Gasteiger partial charge in [-0.05, 0) is 59.8 Å². The van der Waals surface area contributed by atoms with Gasteiger partial charge in [-0.25, -0.2) is 0 Å². The minimum atomic E-state index is -0.309. The Kier molecular flexibility index (Phi) is 6.63. The van der Waals surface area contributed by atoms with Crippen LogP contribution in [0.3, 0.4) is 0 Å². The molecule has 1 rings (SSSR count). The van der Waals surface area contributed by atoms with Gasteiger partial charge in [-0.15, -0.1) is 0 Å². The summed E-state index contributed by atoms with van der Waals surface area (Å²) in [5, 5.41) is 17.0. The molecule has 0 aliphatic carbocycles. The van der Waals surface area contributed by atoms with Crippen LogP contribution in [-0.4, -0.2) is 46.9 Å². The van der Waals surface area contributed by atoms with E-state index in [4.69, 9.17) is 0 Å². The second kappa shape index (κ2) is 7.56. The van der Waals surface area contributed by atoms with E-state index in [1.54, 1.807) is 0 Å². The molecule has 1 aliphatic heterocycles. The van der Waals surface area contributed by atoms with Gasteiger partial charge in [0, 0.05) is 23.5 Å². The summed E-state index contributed by atoms with van der Waals surface area (Å²) in [7, 11) is 2.07. The van der Waals surface area contributed by atoms with Gasteiger partial charge in [-0.3, -0.25) is 4.79 Å². The number of nitrogens with zero attached hydrogens (tertiary/aromatic N) is 1. The van der Waals surface area contributed by atoms with Gasteiger partial charge in [0.05, 0.1) is 13.6 Å². The zero-order valence-corrected chi connectivity index (χ0v) is 14.4. The molecular formula is C16H34N3O2+. The Morgan fingerprint density at radius 3 is 2.29 bits per heavy atom. The lowest BCUT2D eigenvalue weighted by atomic mass is 9.79. The number of carbonyl (C=O) groups excluding carboxylic acids is 1. The van der Waals surface area contributed by atoms with Crippen molar-refractivity contribution < 1.29 is 15.3 Å². The summed E-state index contributed by atoms with van der Waals surface area (Å²) in [6.45, 7) is 9.23. The van der Waals surface area contributed by atoms with Crippen LogP contribution in [0.1, 0.15) is 66.2 Å². The number of rotatable bonds is 7. The summed E-state index contributed by atoms with van der Waals surface area (Å²) in [4.78, 5) is 12.1. The fraction of sp³-hybridized carbons (Fsp3) is 0.938. The maximum atomic E-state index is 12.1. The number of nitrogens with two attached hydrogens (primary N) is 1. The molecule has 1 fully saturated rings. The van der Waals surface area contributed by atoms with Crippen molar-refractivity contribution in [1.29, 1.82) is 0 Å². The summed E-state index contributed by atoms with van der Waals surface area (Å²) >= 11 is 0. The van der Waals surface area contributed by atoms with Gasteiger partial charge >= 0.3 is 0 Å². The Morgan fingerprint density at radius 1 is 1.19 bits per heavy atom. The molecule has 1 amide bonds. The number of hydrogen-bond acceptors (Lipinski definition) is 3. The molecule has 1 heterocycles. The van der Waals surface area contributed by atoms with E-state index in [1.165, 1.54) is 11.5 Å². The Morgan fingerprint density at radius 2 is 1.76 bits per heavy atom. The minimum Gasteiger partial charge on any atom is -0.353 e. The van der Waals surface area contributed by atoms with Gasteiger partial charge < -0.3 is 15.8 Å². The summed E-state index contributed by atoms with van der Waals surface area (Å²) in [6.07, 6.45) is 5.43. The smallest absolute Gasteiger partial charge is 0.220 e. The third kappa shape index (κ3) is 5.57. The number of amides is 1. The van der Waals surface area contributed by atoms with Gasteiger partial charge in [0.2, 0.25) is 5.91 Å². The molecule has 4 N–H and O–H groups in total. The van der Waals surface area contributed by atoms with Crippen LogP contribution >= 0.6 is 0 Å². The first-order valence-electron chi connectivity index (χ1n) is 8.25. The summed E-state index contributed by atoms with van der Waals surface area (Å²) in [5.74, 6) is 0.151. The molecule has 0 aromatic heterocycles. The Hall–Kier alpha value is -0.650. The van der Waals surface area contributed by atoms with E-state index in [0.717, 1.165) is 32.2 Å². The summed E-state index contributed by atoms with van der Waals surface area (Å²) in [6, 6.07) is 0.148. The van der Waals surface area contributed by atoms with Crippen LogP contribution in [0.15, 0.2) is 0 Å². The van der Waals surface area contributed by atoms with Crippen molar-refractivity contribution >= 4 is 5.91 Å². The standard InChI is InChI=1S/C16H33N3O2/c1-15(2)11-13(12-16(3,4)19(15)21)18-14(20)9-7-6-8-10-17-5/h13,17,21H,6-12H2,1-5H3,(H,18,20)/p+1. The van der Waals surface area contributed by atoms with Crippen LogP contribution in [0.4, 0.5) is 0 Å². The number of nitrogens with one attached hydrogen (secondary N) is 1.